The van der Waals surface area contributed by atoms with Gasteiger partial charge in [0.15, 0.2) is 0 Å². The quantitative estimate of drug-likeness (QED) is 0.370. The third-order valence-electron chi connectivity index (χ3n) is 0.748. The fourth-order valence-corrected chi connectivity index (χ4v) is 0.352. The molecule has 10 heavy (non-hydrogen) atoms. The number of unbranched alkanes of at least 4 members (excludes halogenated alkanes) is 2. The average Bonchev–Trinajstić information content (AvgIpc) is 1.82. The molecule has 0 saturated carbocycles. The monoisotopic (exact) mass is 169 g/mol. The Balaban J connectivity index is 0. The predicted octanol–water partition coefficient (Wildman–Crippen LogP) is 0.678. The van der Waals surface area contributed by atoms with E-state index >= 15 is 0 Å². The molecule has 5 heteroatoms. The van der Waals surface area contributed by atoms with Crippen LogP contribution >= 0.6 is 0 Å². The summed E-state index contributed by atoms with van der Waals surface area (Å²) in [5.74, 6) is 0. The first-order valence-electron chi connectivity index (χ1n) is 3.06. The molecule has 0 atom stereocenters. The molecule has 0 aromatic rings. The molecule has 1 N–H and O–H groups in total. The Kier molecular flexibility index (Phi) is 14.6. The fourth-order valence-electron chi connectivity index (χ4n) is 0.352. The Bertz CT molecular complexity index is 98.2. The maximum absolute atomic E-state index is 9.69. The topological polar surface area (TPSA) is 74.3 Å². The van der Waals surface area contributed by atoms with Gasteiger partial charge >= 0.3 is 0 Å². The Morgan fingerprint density at radius 1 is 1.30 bits per heavy atom. The van der Waals surface area contributed by atoms with Crippen molar-refractivity contribution in [1.29, 1.82) is 0 Å². The van der Waals surface area contributed by atoms with Crippen molar-refractivity contribution >= 4 is 11.0 Å². The second-order valence-corrected chi connectivity index (χ2v) is 2.12. The molecule has 0 saturated heterocycles. The average molecular weight is 169 g/mol. The van der Waals surface area contributed by atoms with Gasteiger partial charge in [-0.1, -0.05) is 19.8 Å². The van der Waals surface area contributed by atoms with E-state index in [0.29, 0.717) is 0 Å². The van der Waals surface area contributed by atoms with Crippen LogP contribution in [0.1, 0.15) is 26.2 Å². The minimum Gasteiger partial charge on any atom is -0.288 e. The van der Waals surface area contributed by atoms with E-state index in [4.69, 9.17) is 13.0 Å². The summed E-state index contributed by atoms with van der Waals surface area (Å²) in [6.45, 7) is 2.20. The number of hydrogen-bond acceptors (Lipinski definition) is 2. The zero-order chi connectivity index (χ0) is 8.41. The smallest absolute Gasteiger partial charge is 0.254 e. The van der Waals surface area contributed by atoms with Crippen molar-refractivity contribution < 1.29 is 18.1 Å². The Morgan fingerprint density at radius 2 is 1.70 bits per heavy atom. The lowest BCUT2D eigenvalue weighted by Gasteiger charge is -1.84. The van der Waals surface area contributed by atoms with Gasteiger partial charge in [-0.3, -0.25) is 4.55 Å². The van der Waals surface area contributed by atoms with Crippen molar-refractivity contribution in [3.63, 3.8) is 0 Å². The molecule has 0 spiro atoms. The van der Waals surface area contributed by atoms with E-state index in [0.717, 1.165) is 19.3 Å². The first-order valence-corrected chi connectivity index (χ1v) is 4.19. The largest absolute Gasteiger partial charge is 0.288 e. The molecule has 0 aromatic carbocycles. The lowest BCUT2D eigenvalue weighted by molar-refractivity contribution is 0.186. The molecule has 0 unspecified atom stereocenters. The molecule has 0 heterocycles. The molecular weight excluding hydrogens is 156 g/mol. The van der Waals surface area contributed by atoms with Crippen molar-refractivity contribution in [2.24, 2.45) is 0 Å². The minimum atomic E-state index is -3.12. The summed E-state index contributed by atoms with van der Waals surface area (Å²) in [4.78, 5) is 0. The van der Waals surface area contributed by atoms with Crippen molar-refractivity contribution in [2.45, 2.75) is 26.2 Å². The van der Waals surface area contributed by atoms with Gasteiger partial charge in [0.05, 0.1) is 6.61 Å². The molecule has 4 nitrogen and oxygen atoms in total. The van der Waals surface area contributed by atoms with E-state index in [9.17, 15) is 5.11 Å². The van der Waals surface area contributed by atoms with E-state index in [-0.39, 0.29) is 6.61 Å². The van der Waals surface area contributed by atoms with E-state index < -0.39 is 11.0 Å². The lowest BCUT2D eigenvalue weighted by Crippen LogP contribution is -1.76. The van der Waals surface area contributed by atoms with Gasteiger partial charge < -0.3 is 0 Å². The summed E-state index contributed by atoms with van der Waals surface area (Å²) in [6.07, 6.45) is 3.11. The molecular formula is C5H13O4S. The van der Waals surface area contributed by atoms with Gasteiger partial charge in [-0.15, -0.1) is 0 Å². The number of rotatable bonds is 3. The lowest BCUT2D eigenvalue weighted by atomic mass is 10.3. The Hall–Kier alpha value is -0.130. The van der Waals surface area contributed by atoms with Crippen LogP contribution in [-0.4, -0.2) is 19.6 Å². The molecule has 0 aliphatic carbocycles. The third kappa shape index (κ3) is 45.1. The number of hydrogen-bond donors (Lipinski definition) is 2. The van der Waals surface area contributed by atoms with Crippen molar-refractivity contribution in [3.05, 3.63) is 0 Å². The maximum atomic E-state index is 9.69. The van der Waals surface area contributed by atoms with Crippen LogP contribution in [0.3, 0.4) is 0 Å². The van der Waals surface area contributed by atoms with Gasteiger partial charge in [-0.2, -0.15) is 0 Å². The molecule has 0 aromatic heterocycles. The van der Waals surface area contributed by atoms with Crippen LogP contribution in [0.2, 0.25) is 0 Å². The molecule has 0 aliphatic heterocycles. The number of thiol groups is 1. The highest BCUT2D eigenvalue weighted by atomic mass is 32.2. The van der Waals surface area contributed by atoms with Crippen LogP contribution in [0.15, 0.2) is 0 Å². The van der Waals surface area contributed by atoms with E-state index in [2.05, 4.69) is 6.92 Å². The SMILES string of the molecule is CCCCC[O].O=[SH](=O)O. The van der Waals surface area contributed by atoms with Gasteiger partial charge in [0.25, 0.3) is 11.0 Å². The molecule has 0 fully saturated rings. The molecule has 1 radical (unpaired) electrons. The molecule has 0 bridgehead atoms. The summed E-state index contributed by atoms with van der Waals surface area (Å²) in [6, 6.07) is 0. The maximum Gasteiger partial charge on any atom is 0.254 e. The van der Waals surface area contributed by atoms with E-state index in [1.54, 1.807) is 0 Å². The highest BCUT2D eigenvalue weighted by Gasteiger charge is 1.77. The van der Waals surface area contributed by atoms with Crippen molar-refractivity contribution in [3.8, 4) is 0 Å². The minimum absolute atomic E-state index is 0.105. The van der Waals surface area contributed by atoms with E-state index in [1.807, 2.05) is 0 Å². The van der Waals surface area contributed by atoms with Gasteiger partial charge in [0, 0.05) is 0 Å². The highest BCUT2D eigenvalue weighted by Crippen LogP contribution is 1.89. The van der Waals surface area contributed by atoms with Gasteiger partial charge in [-0.05, 0) is 6.42 Å². The van der Waals surface area contributed by atoms with Gasteiger partial charge in [0.2, 0.25) is 0 Å². The molecule has 63 valence electrons. The first-order chi connectivity index (χ1) is 4.65. The van der Waals surface area contributed by atoms with E-state index in [1.165, 1.54) is 0 Å². The first kappa shape index (κ1) is 12.5. The Labute approximate surface area is 62.7 Å². The molecule has 0 aliphatic rings. The summed E-state index contributed by atoms with van der Waals surface area (Å²) in [7, 11) is -3.12. The van der Waals surface area contributed by atoms with Crippen molar-refractivity contribution in [2.75, 3.05) is 6.61 Å². The third-order valence-corrected chi connectivity index (χ3v) is 0.748. The van der Waals surface area contributed by atoms with Gasteiger partial charge in [-0.25, -0.2) is 13.5 Å². The second kappa shape index (κ2) is 11.6. The van der Waals surface area contributed by atoms with Crippen LogP contribution in [-0.2, 0) is 16.1 Å². The van der Waals surface area contributed by atoms with Crippen LogP contribution in [0.4, 0.5) is 0 Å². The summed E-state index contributed by atoms with van der Waals surface area (Å²) < 4.78 is 24.2. The summed E-state index contributed by atoms with van der Waals surface area (Å²) in [5.41, 5.74) is 0. The van der Waals surface area contributed by atoms with Crippen molar-refractivity contribution in [1.82, 2.24) is 0 Å². The molecule has 0 amide bonds. The van der Waals surface area contributed by atoms with Crippen LogP contribution in [0.5, 0.6) is 0 Å². The predicted molar refractivity (Wildman–Crippen MR) is 38.0 cm³/mol. The van der Waals surface area contributed by atoms with Gasteiger partial charge in [0.1, 0.15) is 0 Å². The normalized spacial score (nSPS) is 8.80. The zero-order valence-corrected chi connectivity index (χ0v) is 6.84. The summed E-state index contributed by atoms with van der Waals surface area (Å²) >= 11 is 0. The highest BCUT2D eigenvalue weighted by molar-refractivity contribution is 7.66. The summed E-state index contributed by atoms with van der Waals surface area (Å²) in [5, 5.41) is 9.69. The molecule has 0 rings (SSSR count). The zero-order valence-electron chi connectivity index (χ0n) is 5.95. The Morgan fingerprint density at radius 3 is 1.80 bits per heavy atom. The second-order valence-electron chi connectivity index (χ2n) is 1.65. The van der Waals surface area contributed by atoms with Crippen LogP contribution in [0, 0.1) is 0 Å². The standard InChI is InChI=1S/C5H11O.H2O3S/c1-2-3-4-5-6;1-4(2)3/h2-5H2,1H3;4H,(H,1,2,3). The van der Waals surface area contributed by atoms with Crippen LogP contribution in [0.25, 0.3) is 0 Å². The fraction of sp³-hybridized carbons (Fsp3) is 1.00. The van der Waals surface area contributed by atoms with Crippen LogP contribution < -0.4 is 0 Å².